The number of phenols is 2. The third kappa shape index (κ3) is 4.25. The van der Waals surface area contributed by atoms with E-state index in [0.717, 1.165) is 5.56 Å². The predicted molar refractivity (Wildman–Crippen MR) is 122 cm³/mol. The van der Waals surface area contributed by atoms with Crippen LogP contribution in [0.15, 0.2) is 65.1 Å². The van der Waals surface area contributed by atoms with Crippen LogP contribution in [-0.2, 0) is 11.2 Å². The van der Waals surface area contributed by atoms with Crippen LogP contribution in [0.4, 0.5) is 0 Å². The predicted octanol–water partition coefficient (Wildman–Crippen LogP) is 5.12. The van der Waals surface area contributed by atoms with Crippen LogP contribution in [0.1, 0.15) is 32.7 Å². The van der Waals surface area contributed by atoms with Crippen molar-refractivity contribution in [3.8, 4) is 28.6 Å². The Kier molecular flexibility index (Phi) is 6.04. The standard InChI is InChI=1S/C26H22O7/c1-31-22-14-21(29)24(20(28)10-8-15-6-4-3-5-7-15)25-18(22)13-23(33-25)17-12-16(26(30)32-2)9-11-19(17)27/h3-7,9,11-14,27,29H,8,10H2,1-2H3. The van der Waals surface area contributed by atoms with Gasteiger partial charge in [0.1, 0.15) is 28.6 Å². The minimum absolute atomic E-state index is 0.0385. The molecule has 0 aliphatic heterocycles. The number of aryl methyl sites for hydroxylation is 1. The van der Waals surface area contributed by atoms with Gasteiger partial charge in [-0.25, -0.2) is 4.79 Å². The normalized spacial score (nSPS) is 10.8. The molecule has 4 rings (SSSR count). The van der Waals surface area contributed by atoms with E-state index in [4.69, 9.17) is 13.9 Å². The maximum atomic E-state index is 13.1. The molecular formula is C26H22O7. The van der Waals surface area contributed by atoms with E-state index in [1.54, 1.807) is 6.07 Å². The molecule has 0 saturated carbocycles. The lowest BCUT2D eigenvalue weighted by Crippen LogP contribution is -2.03. The number of carbonyl (C=O) groups excluding carboxylic acids is 2. The molecule has 7 nitrogen and oxygen atoms in total. The van der Waals surface area contributed by atoms with Crippen molar-refractivity contribution in [2.75, 3.05) is 14.2 Å². The van der Waals surface area contributed by atoms with Crippen LogP contribution in [0.5, 0.6) is 17.2 Å². The van der Waals surface area contributed by atoms with Crippen molar-refractivity contribution in [1.29, 1.82) is 0 Å². The summed E-state index contributed by atoms with van der Waals surface area (Å²) < 4.78 is 16.1. The average Bonchev–Trinajstić information content (AvgIpc) is 3.27. The minimum Gasteiger partial charge on any atom is -0.507 e. The summed E-state index contributed by atoms with van der Waals surface area (Å²) in [6, 6.07) is 16.7. The van der Waals surface area contributed by atoms with Crippen molar-refractivity contribution in [2.24, 2.45) is 0 Å². The van der Waals surface area contributed by atoms with Crippen LogP contribution in [0.2, 0.25) is 0 Å². The molecule has 0 atom stereocenters. The second-order valence-corrected chi connectivity index (χ2v) is 7.46. The monoisotopic (exact) mass is 446 g/mol. The molecule has 0 aliphatic rings. The largest absolute Gasteiger partial charge is 0.507 e. The van der Waals surface area contributed by atoms with Crippen molar-refractivity contribution < 1.29 is 33.7 Å². The van der Waals surface area contributed by atoms with Gasteiger partial charge >= 0.3 is 5.97 Å². The number of benzene rings is 3. The first-order valence-electron chi connectivity index (χ1n) is 10.2. The molecule has 33 heavy (non-hydrogen) atoms. The van der Waals surface area contributed by atoms with Crippen LogP contribution in [0, 0.1) is 0 Å². The zero-order valence-corrected chi connectivity index (χ0v) is 18.1. The highest BCUT2D eigenvalue weighted by atomic mass is 16.5. The Balaban J connectivity index is 1.80. The van der Waals surface area contributed by atoms with E-state index in [1.807, 2.05) is 30.3 Å². The molecule has 0 unspecified atom stereocenters. The summed E-state index contributed by atoms with van der Waals surface area (Å²) in [6.07, 6.45) is 0.667. The van der Waals surface area contributed by atoms with E-state index < -0.39 is 5.97 Å². The van der Waals surface area contributed by atoms with Crippen LogP contribution in [-0.4, -0.2) is 36.2 Å². The van der Waals surface area contributed by atoms with E-state index in [-0.39, 0.29) is 51.7 Å². The Bertz CT molecular complexity index is 1340. The first-order chi connectivity index (χ1) is 15.9. The maximum absolute atomic E-state index is 13.1. The molecule has 0 aliphatic carbocycles. The van der Waals surface area contributed by atoms with E-state index in [2.05, 4.69) is 0 Å². The summed E-state index contributed by atoms with van der Waals surface area (Å²) in [5, 5.41) is 21.4. The second kappa shape index (κ2) is 9.08. The number of Topliss-reactive ketones (excluding diaryl/α,β-unsaturated/α-hetero) is 1. The van der Waals surface area contributed by atoms with Gasteiger partial charge in [-0.05, 0) is 36.2 Å². The summed E-state index contributed by atoms with van der Waals surface area (Å²) in [6.45, 7) is 0. The number of phenolic OH excluding ortho intramolecular Hbond substituents is 2. The number of carbonyl (C=O) groups is 2. The smallest absolute Gasteiger partial charge is 0.337 e. The van der Waals surface area contributed by atoms with Gasteiger partial charge in [0.2, 0.25) is 0 Å². The third-order valence-corrected chi connectivity index (χ3v) is 5.41. The quantitative estimate of drug-likeness (QED) is 0.300. The molecule has 168 valence electrons. The number of fused-ring (bicyclic) bond motifs is 1. The van der Waals surface area contributed by atoms with E-state index in [1.165, 1.54) is 38.5 Å². The summed E-state index contributed by atoms with van der Waals surface area (Å²) in [4.78, 5) is 25.0. The first-order valence-corrected chi connectivity index (χ1v) is 10.2. The number of rotatable bonds is 7. The van der Waals surface area contributed by atoms with Gasteiger partial charge in [0.05, 0.1) is 30.7 Å². The number of hydrogen-bond acceptors (Lipinski definition) is 7. The minimum atomic E-state index is -0.570. The molecule has 0 saturated heterocycles. The number of methoxy groups -OCH3 is 2. The summed E-state index contributed by atoms with van der Waals surface area (Å²) in [5.74, 6) is -0.737. The lowest BCUT2D eigenvalue weighted by molar-refractivity contribution is 0.0600. The SMILES string of the molecule is COC(=O)c1ccc(O)c(-c2cc3c(OC)cc(O)c(C(=O)CCc4ccccc4)c3o2)c1. The van der Waals surface area contributed by atoms with E-state index in [0.29, 0.717) is 17.6 Å². The van der Waals surface area contributed by atoms with Gasteiger partial charge in [-0.2, -0.15) is 0 Å². The molecule has 0 amide bonds. The zero-order valence-electron chi connectivity index (χ0n) is 18.1. The fourth-order valence-electron chi connectivity index (χ4n) is 3.73. The van der Waals surface area contributed by atoms with Gasteiger partial charge in [0.25, 0.3) is 0 Å². The van der Waals surface area contributed by atoms with Crippen molar-refractivity contribution in [2.45, 2.75) is 12.8 Å². The molecule has 4 aromatic rings. The maximum Gasteiger partial charge on any atom is 0.337 e. The van der Waals surface area contributed by atoms with E-state index in [9.17, 15) is 19.8 Å². The van der Waals surface area contributed by atoms with E-state index >= 15 is 0 Å². The Morgan fingerprint density at radius 3 is 2.39 bits per heavy atom. The van der Waals surface area contributed by atoms with Crippen LogP contribution in [0.3, 0.4) is 0 Å². The van der Waals surface area contributed by atoms with Crippen LogP contribution in [0.25, 0.3) is 22.3 Å². The van der Waals surface area contributed by atoms with Crippen LogP contribution < -0.4 is 4.74 Å². The van der Waals surface area contributed by atoms with Gasteiger partial charge in [-0.1, -0.05) is 30.3 Å². The van der Waals surface area contributed by atoms with Crippen molar-refractivity contribution >= 4 is 22.7 Å². The molecular weight excluding hydrogens is 424 g/mol. The fraction of sp³-hybridized carbons (Fsp3) is 0.154. The molecule has 1 heterocycles. The number of aromatic hydroxyl groups is 2. The molecule has 0 fully saturated rings. The Labute approximate surface area is 189 Å². The summed E-state index contributed by atoms with van der Waals surface area (Å²) >= 11 is 0. The molecule has 2 N–H and O–H groups in total. The molecule has 3 aromatic carbocycles. The van der Waals surface area contributed by atoms with Crippen molar-refractivity contribution in [3.05, 3.63) is 77.4 Å². The van der Waals surface area contributed by atoms with Crippen molar-refractivity contribution in [1.82, 2.24) is 0 Å². The molecule has 0 bridgehead atoms. The number of esters is 1. The second-order valence-electron chi connectivity index (χ2n) is 7.46. The number of ketones is 1. The summed E-state index contributed by atoms with van der Waals surface area (Å²) in [5.41, 5.74) is 1.64. The molecule has 0 spiro atoms. The Morgan fingerprint density at radius 1 is 0.939 bits per heavy atom. The molecule has 1 aromatic heterocycles. The van der Waals surface area contributed by atoms with Gasteiger partial charge in [-0.15, -0.1) is 0 Å². The van der Waals surface area contributed by atoms with Gasteiger partial charge in [0, 0.05) is 12.5 Å². The Hall–Kier alpha value is -4.26. The van der Waals surface area contributed by atoms with Gasteiger partial charge in [0.15, 0.2) is 11.4 Å². The molecule has 7 heteroatoms. The number of ether oxygens (including phenoxy) is 2. The van der Waals surface area contributed by atoms with Crippen LogP contribution >= 0.6 is 0 Å². The highest BCUT2D eigenvalue weighted by Gasteiger charge is 2.24. The highest BCUT2D eigenvalue weighted by molar-refractivity contribution is 6.11. The highest BCUT2D eigenvalue weighted by Crippen LogP contribution is 2.42. The van der Waals surface area contributed by atoms with Gasteiger partial charge in [-0.3, -0.25) is 4.79 Å². The fourth-order valence-corrected chi connectivity index (χ4v) is 3.73. The topological polar surface area (TPSA) is 106 Å². The number of hydrogen-bond donors (Lipinski definition) is 2. The first kappa shape index (κ1) is 22.0. The number of furan rings is 1. The molecule has 0 radical (unpaired) electrons. The average molecular weight is 446 g/mol. The zero-order chi connectivity index (χ0) is 23.5. The lowest BCUT2D eigenvalue weighted by atomic mass is 10.00. The lowest BCUT2D eigenvalue weighted by Gasteiger charge is -2.08. The Morgan fingerprint density at radius 2 is 1.70 bits per heavy atom. The van der Waals surface area contributed by atoms with Gasteiger partial charge < -0.3 is 24.1 Å². The van der Waals surface area contributed by atoms with Crippen molar-refractivity contribution in [3.63, 3.8) is 0 Å². The third-order valence-electron chi connectivity index (χ3n) is 5.41. The summed E-state index contributed by atoms with van der Waals surface area (Å²) in [7, 11) is 2.70.